The molecule has 1 aliphatic rings. The maximum absolute atomic E-state index is 14.3. The average molecular weight is 475 g/mol. The second-order valence-electron chi connectivity index (χ2n) is 6.91. The van der Waals surface area contributed by atoms with Gasteiger partial charge in [-0.2, -0.15) is 0 Å². The predicted molar refractivity (Wildman–Crippen MR) is 116 cm³/mol. The summed E-state index contributed by atoms with van der Waals surface area (Å²) in [5, 5.41) is 7.57. The SMILES string of the molecule is CCCC1COc2cc(CC/C=C/C(F)=C(Br)\C=C(/C)F)c(F)cc2C1.CCO. The molecule has 0 aliphatic carbocycles. The first-order valence-corrected chi connectivity index (χ1v) is 10.7. The molecule has 162 valence electrons. The molecule has 1 unspecified atom stereocenters. The topological polar surface area (TPSA) is 29.5 Å². The normalized spacial score (nSPS) is 17.2. The number of aryl methyl sites for hydroxylation is 1. The molecule has 0 fully saturated rings. The van der Waals surface area contributed by atoms with Gasteiger partial charge in [0.1, 0.15) is 17.4 Å². The number of ether oxygens (including phenoxy) is 1. The van der Waals surface area contributed by atoms with Gasteiger partial charge in [0, 0.05) is 6.61 Å². The number of aliphatic hydroxyl groups is 1. The summed E-state index contributed by atoms with van der Waals surface area (Å²) in [6.07, 6.45) is 7.87. The van der Waals surface area contributed by atoms with E-state index in [1.807, 2.05) is 0 Å². The van der Waals surface area contributed by atoms with E-state index >= 15 is 0 Å². The van der Waals surface area contributed by atoms with Crippen molar-refractivity contribution in [2.45, 2.75) is 52.9 Å². The fourth-order valence-corrected chi connectivity index (χ4v) is 3.49. The summed E-state index contributed by atoms with van der Waals surface area (Å²) in [4.78, 5) is 0. The molecule has 0 radical (unpaired) electrons. The Morgan fingerprint density at radius 2 is 2.00 bits per heavy atom. The van der Waals surface area contributed by atoms with Gasteiger partial charge in [0.25, 0.3) is 0 Å². The molecule has 1 atom stereocenters. The van der Waals surface area contributed by atoms with Gasteiger partial charge in [0.05, 0.1) is 16.9 Å². The highest BCUT2D eigenvalue weighted by molar-refractivity contribution is 9.11. The van der Waals surface area contributed by atoms with E-state index < -0.39 is 11.7 Å². The lowest BCUT2D eigenvalue weighted by Crippen LogP contribution is -2.21. The fraction of sp³-hybridized carbons (Fsp3) is 0.478. The third-order valence-corrected chi connectivity index (χ3v) is 4.92. The van der Waals surface area contributed by atoms with Crippen LogP contribution >= 0.6 is 15.9 Å². The highest BCUT2D eigenvalue weighted by Crippen LogP contribution is 2.32. The van der Waals surface area contributed by atoms with Crippen LogP contribution in [0, 0.1) is 11.7 Å². The molecule has 1 aromatic carbocycles. The first-order chi connectivity index (χ1) is 13.8. The number of rotatable bonds is 7. The van der Waals surface area contributed by atoms with Crippen molar-refractivity contribution >= 4 is 15.9 Å². The Morgan fingerprint density at radius 3 is 2.62 bits per heavy atom. The van der Waals surface area contributed by atoms with Gasteiger partial charge in [-0.1, -0.05) is 19.4 Å². The minimum absolute atomic E-state index is 0.0451. The molecule has 0 aromatic heterocycles. The fourth-order valence-electron chi connectivity index (χ4n) is 3.04. The average Bonchev–Trinajstić information content (AvgIpc) is 2.65. The van der Waals surface area contributed by atoms with Crippen molar-refractivity contribution in [3.8, 4) is 5.75 Å². The summed E-state index contributed by atoms with van der Waals surface area (Å²) in [6.45, 7) is 5.99. The van der Waals surface area contributed by atoms with Gasteiger partial charge < -0.3 is 9.84 Å². The summed E-state index contributed by atoms with van der Waals surface area (Å²) >= 11 is 2.97. The van der Waals surface area contributed by atoms with E-state index in [4.69, 9.17) is 9.84 Å². The molecule has 6 heteroatoms. The molecule has 1 aliphatic heterocycles. The van der Waals surface area contributed by atoms with Gasteiger partial charge in [-0.3, -0.25) is 0 Å². The number of fused-ring (bicyclic) bond motifs is 1. The van der Waals surface area contributed by atoms with Crippen LogP contribution < -0.4 is 4.74 Å². The summed E-state index contributed by atoms with van der Waals surface area (Å²) in [5.41, 5.74) is 1.49. The van der Waals surface area contributed by atoms with Crippen LogP contribution in [0.5, 0.6) is 5.75 Å². The van der Waals surface area contributed by atoms with E-state index in [0.29, 0.717) is 30.9 Å². The Morgan fingerprint density at radius 1 is 1.31 bits per heavy atom. The van der Waals surface area contributed by atoms with E-state index in [1.54, 1.807) is 25.1 Å². The lowest BCUT2D eigenvalue weighted by Gasteiger charge is -2.25. The zero-order chi connectivity index (χ0) is 21.8. The minimum Gasteiger partial charge on any atom is -0.493 e. The number of hydrogen-bond acceptors (Lipinski definition) is 2. The largest absolute Gasteiger partial charge is 0.493 e. The summed E-state index contributed by atoms with van der Waals surface area (Å²) in [6, 6.07) is 3.33. The molecule has 1 N–H and O–H groups in total. The van der Waals surface area contributed by atoms with E-state index in [9.17, 15) is 13.2 Å². The van der Waals surface area contributed by atoms with Crippen molar-refractivity contribution in [1.29, 1.82) is 0 Å². The van der Waals surface area contributed by atoms with Crippen molar-refractivity contribution in [3.63, 3.8) is 0 Å². The summed E-state index contributed by atoms with van der Waals surface area (Å²) < 4.78 is 46.6. The van der Waals surface area contributed by atoms with Crippen LogP contribution in [0.1, 0.15) is 51.2 Å². The lowest BCUT2D eigenvalue weighted by atomic mass is 9.92. The molecule has 1 heterocycles. The molecule has 0 saturated carbocycles. The van der Waals surface area contributed by atoms with Gasteiger partial charge in [0.2, 0.25) is 0 Å². The molecule has 0 spiro atoms. The number of benzene rings is 1. The van der Waals surface area contributed by atoms with Crippen LogP contribution in [0.4, 0.5) is 13.2 Å². The van der Waals surface area contributed by atoms with Crippen LogP contribution in [-0.2, 0) is 12.8 Å². The molecule has 0 amide bonds. The Balaban J connectivity index is 0.00000132. The van der Waals surface area contributed by atoms with Crippen LogP contribution in [0.15, 0.2) is 46.5 Å². The highest BCUT2D eigenvalue weighted by atomic mass is 79.9. The van der Waals surface area contributed by atoms with E-state index in [2.05, 4.69) is 22.9 Å². The Hall–Kier alpha value is -1.53. The van der Waals surface area contributed by atoms with E-state index in [1.165, 1.54) is 13.0 Å². The van der Waals surface area contributed by atoms with Crippen molar-refractivity contribution in [2.24, 2.45) is 5.92 Å². The highest BCUT2D eigenvalue weighted by Gasteiger charge is 2.21. The Kier molecular flexibility index (Phi) is 12.0. The first-order valence-electron chi connectivity index (χ1n) is 9.92. The number of hydrogen-bond donors (Lipinski definition) is 1. The smallest absolute Gasteiger partial charge is 0.137 e. The van der Waals surface area contributed by atoms with Crippen molar-refractivity contribution in [3.05, 3.63) is 63.4 Å². The molecule has 0 saturated heterocycles. The monoisotopic (exact) mass is 474 g/mol. The summed E-state index contributed by atoms with van der Waals surface area (Å²) in [5.74, 6) is -0.0898. The molecule has 0 bridgehead atoms. The zero-order valence-corrected chi connectivity index (χ0v) is 18.9. The van der Waals surface area contributed by atoms with Crippen LogP contribution in [-0.4, -0.2) is 18.3 Å². The Bertz CT molecular complexity index is 738. The van der Waals surface area contributed by atoms with Crippen molar-refractivity contribution in [2.75, 3.05) is 13.2 Å². The van der Waals surface area contributed by atoms with Gasteiger partial charge in [-0.05, 0) is 96.8 Å². The van der Waals surface area contributed by atoms with Crippen molar-refractivity contribution < 1.29 is 23.0 Å². The van der Waals surface area contributed by atoms with Gasteiger partial charge in [0.15, 0.2) is 0 Å². The van der Waals surface area contributed by atoms with Crippen molar-refractivity contribution in [1.82, 2.24) is 0 Å². The van der Waals surface area contributed by atoms with E-state index in [0.717, 1.165) is 36.7 Å². The molecule has 2 rings (SSSR count). The first kappa shape index (κ1) is 25.5. The van der Waals surface area contributed by atoms with Gasteiger partial charge >= 0.3 is 0 Å². The molecular weight excluding hydrogens is 445 g/mol. The molecule has 1 aromatic rings. The molecule has 29 heavy (non-hydrogen) atoms. The Labute approximate surface area is 180 Å². The maximum atomic E-state index is 14.3. The molecule has 2 nitrogen and oxygen atoms in total. The van der Waals surface area contributed by atoms with E-state index in [-0.39, 0.29) is 16.9 Å². The number of halogens is 4. The third kappa shape index (κ3) is 9.22. The quantitative estimate of drug-likeness (QED) is 0.426. The van der Waals surface area contributed by atoms with Crippen LogP contribution in [0.3, 0.4) is 0 Å². The molecular formula is C23H30BrF3O2. The zero-order valence-electron chi connectivity index (χ0n) is 17.3. The van der Waals surface area contributed by atoms with Gasteiger partial charge in [-0.25, -0.2) is 13.2 Å². The predicted octanol–water partition coefficient (Wildman–Crippen LogP) is 7.11. The second kappa shape index (κ2) is 13.6. The maximum Gasteiger partial charge on any atom is 0.137 e. The summed E-state index contributed by atoms with van der Waals surface area (Å²) in [7, 11) is 0. The standard InChI is InChI=1S/C21H24BrF3O.C2H6O/c1-3-6-15-10-17-11-20(25)16(12-21(17)26-13-15)7-4-5-8-19(24)18(22)9-14(2)23;1-2-3/h5,8-9,11-12,15H,3-4,6-7,10,13H2,1-2H3;3H,2H2,1H3/b8-5+,14-9+,19-18-;. The van der Waals surface area contributed by atoms with Gasteiger partial charge in [-0.15, -0.1) is 0 Å². The van der Waals surface area contributed by atoms with Crippen LogP contribution in [0.2, 0.25) is 0 Å². The minimum atomic E-state index is -0.571. The third-order valence-electron chi connectivity index (χ3n) is 4.31. The second-order valence-corrected chi connectivity index (χ2v) is 7.76. The lowest BCUT2D eigenvalue weighted by molar-refractivity contribution is 0.212. The number of aliphatic hydroxyl groups excluding tert-OH is 1. The number of allylic oxidation sites excluding steroid dienone is 6. The van der Waals surface area contributed by atoms with Crippen LogP contribution in [0.25, 0.3) is 0 Å².